The molecule has 4 aromatic rings. The highest BCUT2D eigenvalue weighted by Crippen LogP contribution is 2.29. The molecule has 3 aromatic carbocycles. The van der Waals surface area contributed by atoms with E-state index in [1.165, 1.54) is 31.6 Å². The number of rotatable bonds is 5. The molecule has 0 N–H and O–H groups in total. The van der Waals surface area contributed by atoms with Gasteiger partial charge in [-0.15, -0.1) is 0 Å². The summed E-state index contributed by atoms with van der Waals surface area (Å²) in [7, 11) is 1.48. The van der Waals surface area contributed by atoms with Gasteiger partial charge in [0.2, 0.25) is 11.2 Å². The molecule has 6 nitrogen and oxygen atoms in total. The molecule has 0 amide bonds. The molecule has 0 saturated carbocycles. The molecule has 0 fully saturated rings. The van der Waals surface area contributed by atoms with Gasteiger partial charge in [-0.3, -0.25) is 4.79 Å². The number of hydrogen-bond acceptors (Lipinski definition) is 6. The van der Waals surface area contributed by atoms with Crippen molar-refractivity contribution in [1.29, 1.82) is 0 Å². The second kappa shape index (κ2) is 8.77. The smallest absolute Gasteiger partial charge is 0.347 e. The van der Waals surface area contributed by atoms with Gasteiger partial charge in [-0.1, -0.05) is 23.7 Å². The Morgan fingerprint density at radius 3 is 2.38 bits per heavy atom. The minimum atomic E-state index is -0.586. The molecule has 162 valence electrons. The van der Waals surface area contributed by atoms with Crippen molar-refractivity contribution in [2.24, 2.45) is 0 Å². The van der Waals surface area contributed by atoms with Crippen molar-refractivity contribution in [1.82, 2.24) is 0 Å². The fourth-order valence-electron chi connectivity index (χ4n) is 3.29. The highest BCUT2D eigenvalue weighted by molar-refractivity contribution is 6.32. The lowest BCUT2D eigenvalue weighted by atomic mass is 10.1. The Balaban J connectivity index is 1.61. The summed E-state index contributed by atoms with van der Waals surface area (Å²) < 4.78 is 22.0. The van der Waals surface area contributed by atoms with Gasteiger partial charge in [0.25, 0.3) is 0 Å². The van der Waals surface area contributed by atoms with E-state index in [0.717, 1.165) is 11.1 Å². The number of aryl methyl sites for hydroxylation is 2. The van der Waals surface area contributed by atoms with Gasteiger partial charge in [-0.05, 0) is 61.4 Å². The van der Waals surface area contributed by atoms with E-state index < -0.39 is 5.97 Å². The molecule has 1 aromatic heterocycles. The maximum absolute atomic E-state index is 12.9. The van der Waals surface area contributed by atoms with Gasteiger partial charge in [0.05, 0.1) is 12.5 Å². The summed E-state index contributed by atoms with van der Waals surface area (Å²) in [4.78, 5) is 25.4. The van der Waals surface area contributed by atoms with E-state index in [1.54, 1.807) is 36.4 Å². The predicted octanol–water partition coefficient (Wildman–Crippen LogP) is 6.08. The Hall–Kier alpha value is -3.77. The molecule has 0 saturated heterocycles. The van der Waals surface area contributed by atoms with Gasteiger partial charge >= 0.3 is 5.97 Å². The molecule has 0 unspecified atom stereocenters. The average molecular weight is 451 g/mol. The summed E-state index contributed by atoms with van der Waals surface area (Å²) in [6.07, 6.45) is 1.23. The highest BCUT2D eigenvalue weighted by Gasteiger charge is 2.16. The Morgan fingerprint density at radius 2 is 1.66 bits per heavy atom. The molecule has 32 heavy (non-hydrogen) atoms. The Kier molecular flexibility index (Phi) is 5.88. The van der Waals surface area contributed by atoms with E-state index in [9.17, 15) is 9.59 Å². The fraction of sp³-hybridized carbons (Fsp3) is 0.120. The topological polar surface area (TPSA) is 75.0 Å². The van der Waals surface area contributed by atoms with Crippen LogP contribution in [-0.2, 0) is 0 Å². The van der Waals surface area contributed by atoms with E-state index in [2.05, 4.69) is 0 Å². The molecule has 7 heteroatoms. The normalized spacial score (nSPS) is 10.8. The van der Waals surface area contributed by atoms with Gasteiger partial charge in [-0.2, -0.15) is 0 Å². The van der Waals surface area contributed by atoms with Gasteiger partial charge in [0.15, 0.2) is 0 Å². The molecule has 0 atom stereocenters. The van der Waals surface area contributed by atoms with Crippen LogP contribution in [0, 0.1) is 13.8 Å². The van der Waals surface area contributed by atoms with Gasteiger partial charge in [0, 0.05) is 11.1 Å². The second-order valence-corrected chi connectivity index (χ2v) is 7.53. The van der Waals surface area contributed by atoms with Crippen molar-refractivity contribution < 1.29 is 23.4 Å². The first-order valence-electron chi connectivity index (χ1n) is 9.72. The van der Waals surface area contributed by atoms with Crippen LogP contribution in [-0.4, -0.2) is 13.1 Å². The van der Waals surface area contributed by atoms with Crippen LogP contribution in [0.2, 0.25) is 5.02 Å². The van der Waals surface area contributed by atoms with E-state index in [4.69, 9.17) is 30.2 Å². The minimum absolute atomic E-state index is 0.0392. The monoisotopic (exact) mass is 450 g/mol. The van der Waals surface area contributed by atoms with Crippen molar-refractivity contribution in [3.63, 3.8) is 0 Å². The highest BCUT2D eigenvalue weighted by atomic mass is 35.5. The summed E-state index contributed by atoms with van der Waals surface area (Å²) >= 11 is 6.19. The maximum atomic E-state index is 12.9. The number of para-hydroxylation sites is 1. The zero-order valence-corrected chi connectivity index (χ0v) is 18.4. The van der Waals surface area contributed by atoms with Gasteiger partial charge < -0.3 is 18.6 Å². The predicted molar refractivity (Wildman–Crippen MR) is 121 cm³/mol. The number of benzene rings is 3. The van der Waals surface area contributed by atoms with E-state index >= 15 is 0 Å². The average Bonchev–Trinajstić information content (AvgIpc) is 2.79. The Morgan fingerprint density at radius 1 is 0.938 bits per heavy atom. The lowest BCUT2D eigenvalue weighted by Gasteiger charge is -2.10. The summed E-state index contributed by atoms with van der Waals surface area (Å²) in [5, 5.41) is 0.945. The summed E-state index contributed by atoms with van der Waals surface area (Å²) in [6.45, 7) is 3.72. The van der Waals surface area contributed by atoms with Crippen molar-refractivity contribution in [3.05, 3.63) is 92.8 Å². The van der Waals surface area contributed by atoms with Crippen molar-refractivity contribution in [3.8, 4) is 23.0 Å². The molecular formula is C25H19ClO6. The molecule has 0 spiro atoms. The van der Waals surface area contributed by atoms with Crippen LogP contribution in [0.15, 0.2) is 70.1 Å². The number of carbonyl (C=O) groups excluding carboxylic acids is 1. The lowest BCUT2D eigenvalue weighted by molar-refractivity contribution is 0.0731. The quantitative estimate of drug-likeness (QED) is 0.271. The first-order valence-corrected chi connectivity index (χ1v) is 10.1. The summed E-state index contributed by atoms with van der Waals surface area (Å²) in [5.74, 6) is 0.571. The second-order valence-electron chi connectivity index (χ2n) is 7.15. The van der Waals surface area contributed by atoms with E-state index in [-0.39, 0.29) is 28.1 Å². The molecule has 0 bridgehead atoms. The van der Waals surface area contributed by atoms with Crippen LogP contribution in [0.5, 0.6) is 23.0 Å². The maximum Gasteiger partial charge on any atom is 0.347 e. The SMILES string of the molecule is COc1ccccc1C(=O)Oc1ccc2c(=O)c(Oc3cc(C)c(Cl)c(C)c3)coc2c1. The van der Waals surface area contributed by atoms with Crippen LogP contribution >= 0.6 is 11.6 Å². The molecule has 0 aliphatic carbocycles. The first kappa shape index (κ1) is 21.5. The number of fused-ring (bicyclic) bond motifs is 1. The minimum Gasteiger partial charge on any atom is -0.496 e. The van der Waals surface area contributed by atoms with E-state index in [1.807, 2.05) is 13.8 Å². The van der Waals surface area contributed by atoms with Gasteiger partial charge in [0.1, 0.15) is 34.7 Å². The summed E-state index contributed by atoms with van der Waals surface area (Å²) in [5.41, 5.74) is 1.88. The van der Waals surface area contributed by atoms with E-state index in [0.29, 0.717) is 21.9 Å². The van der Waals surface area contributed by atoms with Crippen LogP contribution in [0.3, 0.4) is 0 Å². The van der Waals surface area contributed by atoms with Crippen molar-refractivity contribution in [2.75, 3.05) is 7.11 Å². The summed E-state index contributed by atoms with van der Waals surface area (Å²) in [6, 6.07) is 14.8. The van der Waals surface area contributed by atoms with Crippen molar-refractivity contribution in [2.45, 2.75) is 13.8 Å². The largest absolute Gasteiger partial charge is 0.496 e. The first-order chi connectivity index (χ1) is 15.4. The Labute approximate surface area is 188 Å². The number of hydrogen-bond donors (Lipinski definition) is 0. The molecule has 0 aliphatic rings. The van der Waals surface area contributed by atoms with Crippen molar-refractivity contribution >= 4 is 28.5 Å². The van der Waals surface area contributed by atoms with Crippen LogP contribution in [0.25, 0.3) is 11.0 Å². The number of ether oxygens (including phenoxy) is 3. The van der Waals surface area contributed by atoms with Crippen LogP contribution in [0.4, 0.5) is 0 Å². The Bertz CT molecular complexity index is 1370. The number of halogens is 1. The lowest BCUT2D eigenvalue weighted by Crippen LogP contribution is -2.10. The molecule has 4 rings (SSSR count). The molecule has 0 aliphatic heterocycles. The number of methoxy groups -OCH3 is 1. The zero-order valence-electron chi connectivity index (χ0n) is 17.6. The standard InChI is InChI=1S/C25H19ClO6/c1-14-10-17(11-15(2)23(14)26)31-22-13-30-21-12-16(8-9-18(21)24(22)27)32-25(28)19-6-4-5-7-20(19)29-3/h4-13H,1-3H3. The van der Waals surface area contributed by atoms with Crippen LogP contribution < -0.4 is 19.6 Å². The third kappa shape index (κ3) is 4.18. The molecule has 1 heterocycles. The van der Waals surface area contributed by atoms with Crippen LogP contribution in [0.1, 0.15) is 21.5 Å². The third-order valence-corrected chi connectivity index (χ3v) is 5.49. The molecule has 0 radical (unpaired) electrons. The number of carbonyl (C=O) groups is 1. The number of esters is 1. The van der Waals surface area contributed by atoms with Gasteiger partial charge in [-0.25, -0.2) is 4.79 Å². The fourth-order valence-corrected chi connectivity index (χ4v) is 3.40. The third-order valence-electron chi connectivity index (χ3n) is 4.89. The zero-order chi connectivity index (χ0) is 22.8. The molecular weight excluding hydrogens is 432 g/mol.